The molecule has 1 aliphatic rings. The Morgan fingerprint density at radius 2 is 2.30 bits per heavy atom. The van der Waals surface area contributed by atoms with Gasteiger partial charge in [-0.05, 0) is 53.7 Å². The normalized spacial score (nSPS) is 14.7. The van der Waals surface area contributed by atoms with Gasteiger partial charge in [0, 0.05) is 17.0 Å². The molecule has 1 heterocycles. The maximum absolute atomic E-state index is 14.0. The van der Waals surface area contributed by atoms with Gasteiger partial charge in [0.15, 0.2) is 0 Å². The summed E-state index contributed by atoms with van der Waals surface area (Å²) in [4.78, 5) is 0.864. The molecular weight excluding hydrogens is 277 g/mol. The maximum Gasteiger partial charge on any atom is 0.214 e. The van der Waals surface area contributed by atoms with E-state index in [4.69, 9.17) is 0 Å². The van der Waals surface area contributed by atoms with Gasteiger partial charge in [-0.25, -0.2) is 9.07 Å². The first-order valence-corrected chi connectivity index (χ1v) is 7.55. The molecule has 106 valence electrons. The molecule has 0 spiro atoms. The first kappa shape index (κ1) is 13.5. The fourth-order valence-electron chi connectivity index (χ4n) is 1.96. The van der Waals surface area contributed by atoms with Crippen LogP contribution in [0.5, 0.6) is 0 Å². The summed E-state index contributed by atoms with van der Waals surface area (Å²) in [6.45, 7) is 3.32. The highest BCUT2D eigenvalue weighted by atomic mass is 32.2. The van der Waals surface area contributed by atoms with Crippen LogP contribution in [0.25, 0.3) is 0 Å². The van der Waals surface area contributed by atoms with Crippen molar-refractivity contribution >= 4 is 11.8 Å². The van der Waals surface area contributed by atoms with Crippen molar-refractivity contribution in [1.29, 1.82) is 0 Å². The zero-order valence-electron chi connectivity index (χ0n) is 11.2. The predicted molar refractivity (Wildman–Crippen MR) is 74.0 cm³/mol. The van der Waals surface area contributed by atoms with Gasteiger partial charge >= 0.3 is 0 Å². The standard InChI is InChI=1S/C13H16FN5S/c1-2-15-8-10-11(14)4-3-5-12(10)20-13-16-17-18-19(13)9-6-7-9/h3-5,9,15H,2,6-8H2,1H3. The molecule has 3 rings (SSSR count). The van der Waals surface area contributed by atoms with Gasteiger partial charge in [0.2, 0.25) is 5.16 Å². The molecule has 1 aliphatic carbocycles. The molecule has 0 bridgehead atoms. The highest BCUT2D eigenvalue weighted by Crippen LogP contribution is 2.38. The van der Waals surface area contributed by atoms with Crippen molar-refractivity contribution in [2.75, 3.05) is 6.54 Å². The van der Waals surface area contributed by atoms with Crippen LogP contribution in [0.3, 0.4) is 0 Å². The number of aromatic nitrogens is 4. The first-order chi connectivity index (χ1) is 9.79. The molecular formula is C13H16FN5S. The molecule has 0 unspecified atom stereocenters. The van der Waals surface area contributed by atoms with Gasteiger partial charge in [-0.1, -0.05) is 13.0 Å². The average molecular weight is 293 g/mol. The van der Waals surface area contributed by atoms with E-state index in [9.17, 15) is 4.39 Å². The highest BCUT2D eigenvalue weighted by Gasteiger charge is 2.28. The summed E-state index contributed by atoms with van der Waals surface area (Å²) >= 11 is 1.43. The molecule has 1 N–H and O–H groups in total. The Morgan fingerprint density at radius 1 is 1.45 bits per heavy atom. The zero-order chi connectivity index (χ0) is 13.9. The Labute approximate surface area is 120 Å². The molecule has 0 saturated heterocycles. The summed E-state index contributed by atoms with van der Waals surface area (Å²) in [5.41, 5.74) is 0.671. The number of benzene rings is 1. The van der Waals surface area contributed by atoms with E-state index in [0.717, 1.165) is 29.4 Å². The SMILES string of the molecule is CCNCc1c(F)cccc1Sc1nnnn1C1CC1. The van der Waals surface area contributed by atoms with Crippen LogP contribution < -0.4 is 5.32 Å². The van der Waals surface area contributed by atoms with E-state index in [-0.39, 0.29) is 5.82 Å². The minimum absolute atomic E-state index is 0.193. The molecule has 0 atom stereocenters. The van der Waals surface area contributed by atoms with Crippen molar-refractivity contribution in [3.8, 4) is 0 Å². The molecule has 2 aromatic rings. The van der Waals surface area contributed by atoms with Crippen LogP contribution in [0.4, 0.5) is 4.39 Å². The lowest BCUT2D eigenvalue weighted by Gasteiger charge is -2.10. The molecule has 0 radical (unpaired) electrons. The van der Waals surface area contributed by atoms with Crippen molar-refractivity contribution in [2.24, 2.45) is 0 Å². The van der Waals surface area contributed by atoms with Gasteiger partial charge in [0.1, 0.15) is 5.82 Å². The molecule has 1 saturated carbocycles. The second-order valence-electron chi connectivity index (χ2n) is 4.74. The van der Waals surface area contributed by atoms with Crippen LogP contribution in [-0.4, -0.2) is 26.8 Å². The van der Waals surface area contributed by atoms with Gasteiger partial charge in [0.25, 0.3) is 0 Å². The summed E-state index contributed by atoms with van der Waals surface area (Å²) in [6, 6.07) is 5.53. The average Bonchev–Trinajstić information content (AvgIpc) is 3.19. The number of halogens is 1. The van der Waals surface area contributed by atoms with E-state index in [1.165, 1.54) is 17.8 Å². The Balaban J connectivity index is 1.85. The Morgan fingerprint density at radius 3 is 3.05 bits per heavy atom. The fraction of sp³-hybridized carbons (Fsp3) is 0.462. The zero-order valence-corrected chi connectivity index (χ0v) is 12.0. The van der Waals surface area contributed by atoms with E-state index in [1.807, 2.05) is 17.7 Å². The fourth-order valence-corrected chi connectivity index (χ4v) is 2.95. The highest BCUT2D eigenvalue weighted by molar-refractivity contribution is 7.99. The molecule has 0 aliphatic heterocycles. The van der Waals surface area contributed by atoms with Gasteiger partial charge in [-0.2, -0.15) is 0 Å². The van der Waals surface area contributed by atoms with E-state index < -0.39 is 0 Å². The number of nitrogens with zero attached hydrogens (tertiary/aromatic N) is 4. The summed E-state index contributed by atoms with van der Waals surface area (Å²) in [5, 5.41) is 15.7. The van der Waals surface area contributed by atoms with Gasteiger partial charge in [0.05, 0.1) is 6.04 Å². The Kier molecular flexibility index (Phi) is 3.98. The van der Waals surface area contributed by atoms with Crippen molar-refractivity contribution in [3.63, 3.8) is 0 Å². The summed E-state index contributed by atoms with van der Waals surface area (Å²) < 4.78 is 15.8. The molecule has 0 amide bonds. The molecule has 1 aromatic carbocycles. The van der Waals surface area contributed by atoms with Crippen LogP contribution in [-0.2, 0) is 6.54 Å². The van der Waals surface area contributed by atoms with E-state index in [0.29, 0.717) is 18.2 Å². The molecule has 5 nitrogen and oxygen atoms in total. The number of tetrazole rings is 1. The van der Waals surface area contributed by atoms with Crippen molar-refractivity contribution in [1.82, 2.24) is 25.5 Å². The Bertz CT molecular complexity index is 596. The van der Waals surface area contributed by atoms with Crippen LogP contribution in [0.2, 0.25) is 0 Å². The molecule has 20 heavy (non-hydrogen) atoms. The second-order valence-corrected chi connectivity index (χ2v) is 5.75. The predicted octanol–water partition coefficient (Wildman–Crippen LogP) is 2.41. The third kappa shape index (κ3) is 2.83. The van der Waals surface area contributed by atoms with Crippen molar-refractivity contribution in [3.05, 3.63) is 29.6 Å². The molecule has 7 heteroatoms. The van der Waals surface area contributed by atoms with Gasteiger partial charge in [-0.15, -0.1) is 5.10 Å². The lowest BCUT2D eigenvalue weighted by Crippen LogP contribution is -2.14. The van der Waals surface area contributed by atoms with Crippen LogP contribution in [0, 0.1) is 5.82 Å². The van der Waals surface area contributed by atoms with Crippen molar-refractivity contribution in [2.45, 2.75) is 42.4 Å². The second kappa shape index (κ2) is 5.88. The smallest absolute Gasteiger partial charge is 0.214 e. The van der Waals surface area contributed by atoms with Gasteiger partial charge < -0.3 is 5.32 Å². The number of hydrogen-bond acceptors (Lipinski definition) is 5. The monoisotopic (exact) mass is 293 g/mol. The van der Waals surface area contributed by atoms with Crippen LogP contribution >= 0.6 is 11.8 Å². The van der Waals surface area contributed by atoms with E-state index in [1.54, 1.807) is 6.07 Å². The van der Waals surface area contributed by atoms with Crippen LogP contribution in [0.15, 0.2) is 28.3 Å². The van der Waals surface area contributed by atoms with Crippen molar-refractivity contribution < 1.29 is 4.39 Å². The molecule has 1 fully saturated rings. The maximum atomic E-state index is 14.0. The third-order valence-corrected chi connectivity index (χ3v) is 4.24. The minimum Gasteiger partial charge on any atom is -0.313 e. The Hall–Kier alpha value is -1.47. The third-order valence-electron chi connectivity index (χ3n) is 3.18. The number of rotatable bonds is 6. The van der Waals surface area contributed by atoms with E-state index in [2.05, 4.69) is 20.8 Å². The largest absolute Gasteiger partial charge is 0.313 e. The van der Waals surface area contributed by atoms with Gasteiger partial charge in [-0.3, -0.25) is 0 Å². The summed E-state index contributed by atoms with van der Waals surface area (Å²) in [7, 11) is 0. The topological polar surface area (TPSA) is 55.6 Å². The lowest BCUT2D eigenvalue weighted by atomic mass is 10.2. The number of nitrogens with one attached hydrogen (secondary N) is 1. The van der Waals surface area contributed by atoms with Crippen LogP contribution in [0.1, 0.15) is 31.4 Å². The van der Waals surface area contributed by atoms with E-state index >= 15 is 0 Å². The first-order valence-electron chi connectivity index (χ1n) is 6.73. The minimum atomic E-state index is -0.193. The summed E-state index contributed by atoms with van der Waals surface area (Å²) in [5.74, 6) is -0.193. The molecule has 1 aromatic heterocycles. The number of hydrogen-bond donors (Lipinski definition) is 1. The lowest BCUT2D eigenvalue weighted by molar-refractivity contribution is 0.564. The quantitative estimate of drug-likeness (QED) is 0.886. The summed E-state index contributed by atoms with van der Waals surface area (Å²) in [6.07, 6.45) is 2.23.